The summed E-state index contributed by atoms with van der Waals surface area (Å²) in [5, 5.41) is 1.55. The summed E-state index contributed by atoms with van der Waals surface area (Å²) in [6.07, 6.45) is 0. The van der Waals surface area contributed by atoms with Gasteiger partial charge in [-0.1, -0.05) is 89.6 Å². The third kappa shape index (κ3) is 4.26. The first-order valence-electron chi connectivity index (χ1n) is 8.79. The van der Waals surface area contributed by atoms with E-state index in [9.17, 15) is 0 Å². The maximum atomic E-state index is 6.64. The van der Waals surface area contributed by atoms with Crippen LogP contribution >= 0.6 is 35.0 Å². The predicted molar refractivity (Wildman–Crippen MR) is 122 cm³/mol. The van der Waals surface area contributed by atoms with Gasteiger partial charge in [0.05, 0.1) is 14.9 Å². The van der Waals surface area contributed by atoms with E-state index >= 15 is 0 Å². The van der Waals surface area contributed by atoms with Crippen molar-refractivity contribution in [3.05, 3.63) is 113 Å². The van der Waals surface area contributed by atoms with Crippen LogP contribution in [0.1, 0.15) is 0 Å². The predicted octanol–water partition coefficient (Wildman–Crippen LogP) is 8.24. The highest BCUT2D eigenvalue weighted by Crippen LogP contribution is 2.42. The molecule has 1 atom stereocenters. The maximum absolute atomic E-state index is 6.64. The van der Waals surface area contributed by atoms with Crippen molar-refractivity contribution in [1.82, 2.24) is 0 Å². The summed E-state index contributed by atoms with van der Waals surface area (Å²) >= 11 is 14.8. The zero-order valence-electron chi connectivity index (χ0n) is 14.9. The highest BCUT2D eigenvalue weighted by atomic mass is 35.5. The Hall–Kier alpha value is -1.84. The second-order valence-electron chi connectivity index (χ2n) is 6.03. The van der Waals surface area contributed by atoms with Crippen LogP contribution in [0.25, 0.3) is 0 Å². The fourth-order valence-corrected chi connectivity index (χ4v) is 6.88. The number of hydrogen-bond donors (Lipinski definition) is 0. The second-order valence-corrected chi connectivity index (χ2v) is 9.89. The minimum absolute atomic E-state index is 0.314. The smallest absolute Gasteiger partial charge is 0.0832 e. The van der Waals surface area contributed by atoms with Gasteiger partial charge in [0.15, 0.2) is 14.7 Å². The topological polar surface area (TPSA) is 0 Å². The van der Waals surface area contributed by atoms with Crippen molar-refractivity contribution in [2.24, 2.45) is 0 Å². The fourth-order valence-electron chi connectivity index (χ4n) is 2.89. The lowest BCUT2D eigenvalue weighted by Gasteiger charge is -2.13. The average Bonchev–Trinajstić information content (AvgIpc) is 2.73. The highest BCUT2D eigenvalue weighted by molar-refractivity contribution is 8.01. The SMILES string of the molecule is Clc1ccccc1Sc1ccccc1[S+](c1ccccc1)c1ccccc1Cl. The molecule has 0 nitrogen and oxygen atoms in total. The summed E-state index contributed by atoms with van der Waals surface area (Å²) in [5.41, 5.74) is 0. The summed E-state index contributed by atoms with van der Waals surface area (Å²) in [6.45, 7) is 0. The number of rotatable bonds is 5. The molecule has 4 aromatic carbocycles. The van der Waals surface area contributed by atoms with Crippen molar-refractivity contribution in [3.8, 4) is 0 Å². The third-order valence-electron chi connectivity index (χ3n) is 4.16. The molecular formula is C24H17Cl2S2+. The molecule has 0 radical (unpaired) electrons. The molecule has 1 unspecified atom stereocenters. The molecular weight excluding hydrogens is 423 g/mol. The molecule has 0 bridgehead atoms. The van der Waals surface area contributed by atoms with Gasteiger partial charge in [-0.3, -0.25) is 0 Å². The lowest BCUT2D eigenvalue weighted by atomic mass is 10.3. The molecule has 0 saturated carbocycles. The van der Waals surface area contributed by atoms with Crippen molar-refractivity contribution in [2.75, 3.05) is 0 Å². The molecule has 0 aliphatic carbocycles. The van der Waals surface area contributed by atoms with Crippen molar-refractivity contribution in [1.29, 1.82) is 0 Å². The van der Waals surface area contributed by atoms with E-state index in [0.29, 0.717) is 0 Å². The largest absolute Gasteiger partial charge is 0.185 e. The Morgan fingerprint density at radius 1 is 0.500 bits per heavy atom. The minimum atomic E-state index is -0.314. The number of benzene rings is 4. The normalized spacial score (nSPS) is 11.9. The summed E-state index contributed by atoms with van der Waals surface area (Å²) in [4.78, 5) is 5.84. The molecule has 4 rings (SSSR count). The Bertz CT molecular complexity index is 1080. The van der Waals surface area contributed by atoms with Gasteiger partial charge in [0, 0.05) is 4.90 Å². The van der Waals surface area contributed by atoms with Crippen LogP contribution in [0.2, 0.25) is 10.0 Å². The van der Waals surface area contributed by atoms with Crippen LogP contribution < -0.4 is 0 Å². The Kier molecular flexibility index (Phi) is 6.33. The molecule has 0 aromatic heterocycles. The summed E-state index contributed by atoms with van der Waals surface area (Å²) in [5.74, 6) is 0. The minimum Gasteiger partial charge on any atom is -0.0832 e. The number of hydrogen-bond acceptors (Lipinski definition) is 1. The van der Waals surface area contributed by atoms with Gasteiger partial charge in [-0.25, -0.2) is 0 Å². The third-order valence-corrected chi connectivity index (χ3v) is 8.66. The standard InChI is InChI=1S/C24H17Cl2S2/c25-19-12-4-6-14-21(19)27-22-15-7-9-17-24(22)28(18-10-2-1-3-11-18)23-16-8-5-13-20(23)26/h1-17H/q+1. The van der Waals surface area contributed by atoms with E-state index in [1.54, 1.807) is 11.8 Å². The summed E-state index contributed by atoms with van der Waals surface area (Å²) in [6, 6.07) is 35.1. The van der Waals surface area contributed by atoms with Crippen LogP contribution in [-0.2, 0) is 10.9 Å². The Balaban J connectivity index is 1.86. The van der Waals surface area contributed by atoms with Crippen molar-refractivity contribution >= 4 is 45.9 Å². The number of halogens is 2. The monoisotopic (exact) mass is 439 g/mol. The highest BCUT2D eigenvalue weighted by Gasteiger charge is 2.33. The van der Waals surface area contributed by atoms with Crippen LogP contribution in [0.4, 0.5) is 0 Å². The van der Waals surface area contributed by atoms with E-state index in [-0.39, 0.29) is 10.9 Å². The van der Waals surface area contributed by atoms with E-state index in [0.717, 1.165) is 19.8 Å². The molecule has 0 spiro atoms. The van der Waals surface area contributed by atoms with Crippen molar-refractivity contribution in [3.63, 3.8) is 0 Å². The van der Waals surface area contributed by atoms with Crippen LogP contribution in [-0.4, -0.2) is 0 Å². The zero-order chi connectivity index (χ0) is 19.3. The molecule has 0 heterocycles. The lowest BCUT2D eigenvalue weighted by molar-refractivity contribution is 1.20. The van der Waals surface area contributed by atoms with Crippen LogP contribution in [0.5, 0.6) is 0 Å². The van der Waals surface area contributed by atoms with Crippen molar-refractivity contribution < 1.29 is 0 Å². The van der Waals surface area contributed by atoms with Gasteiger partial charge in [0.2, 0.25) is 0 Å². The Morgan fingerprint density at radius 3 is 1.71 bits per heavy atom. The average molecular weight is 440 g/mol. The molecule has 0 aliphatic heterocycles. The first-order chi connectivity index (χ1) is 13.7. The maximum Gasteiger partial charge on any atom is 0.185 e. The second kappa shape index (κ2) is 9.11. The quantitative estimate of drug-likeness (QED) is 0.282. The molecule has 4 aromatic rings. The van der Waals surface area contributed by atoms with Crippen LogP contribution in [0.15, 0.2) is 128 Å². The summed E-state index contributed by atoms with van der Waals surface area (Å²) in [7, 11) is -0.314. The Morgan fingerprint density at radius 2 is 1.04 bits per heavy atom. The van der Waals surface area contributed by atoms with Crippen molar-refractivity contribution in [2.45, 2.75) is 24.5 Å². The Labute approximate surface area is 182 Å². The molecule has 0 aliphatic rings. The zero-order valence-corrected chi connectivity index (χ0v) is 18.0. The van der Waals surface area contributed by atoms with Gasteiger partial charge >= 0.3 is 0 Å². The molecule has 0 amide bonds. The molecule has 4 heteroatoms. The van der Waals surface area contributed by atoms with Gasteiger partial charge in [-0.2, -0.15) is 0 Å². The van der Waals surface area contributed by atoms with Gasteiger partial charge in [0.25, 0.3) is 0 Å². The summed E-state index contributed by atoms with van der Waals surface area (Å²) < 4.78 is 0. The van der Waals surface area contributed by atoms with Crippen LogP contribution in [0.3, 0.4) is 0 Å². The van der Waals surface area contributed by atoms with E-state index in [4.69, 9.17) is 23.2 Å². The van der Waals surface area contributed by atoms with Gasteiger partial charge < -0.3 is 0 Å². The van der Waals surface area contributed by atoms with Gasteiger partial charge in [-0.15, -0.1) is 0 Å². The fraction of sp³-hybridized carbons (Fsp3) is 0. The molecule has 28 heavy (non-hydrogen) atoms. The first-order valence-corrected chi connectivity index (χ1v) is 11.6. The molecule has 138 valence electrons. The van der Waals surface area contributed by atoms with Gasteiger partial charge in [-0.05, 0) is 48.5 Å². The van der Waals surface area contributed by atoms with Gasteiger partial charge in [0.1, 0.15) is 10.9 Å². The molecule has 0 fully saturated rings. The van der Waals surface area contributed by atoms with Crippen LogP contribution in [0, 0.1) is 0 Å². The molecule has 0 saturated heterocycles. The lowest BCUT2D eigenvalue weighted by Crippen LogP contribution is -2.06. The van der Waals surface area contributed by atoms with E-state index < -0.39 is 0 Å². The van der Waals surface area contributed by atoms with E-state index in [1.807, 2.05) is 42.5 Å². The van der Waals surface area contributed by atoms with E-state index in [2.05, 4.69) is 60.7 Å². The molecule has 0 N–H and O–H groups in total. The van der Waals surface area contributed by atoms with E-state index in [1.165, 1.54) is 14.7 Å². The first kappa shape index (κ1) is 19.5.